The number of esters is 2. The van der Waals surface area contributed by atoms with E-state index in [0.29, 0.717) is 30.0 Å². The van der Waals surface area contributed by atoms with Crippen molar-refractivity contribution in [3.05, 3.63) is 97.3 Å². The molecule has 31 heteroatoms. The van der Waals surface area contributed by atoms with Gasteiger partial charge >= 0.3 is 41.1 Å². The Kier molecular flexibility index (Phi) is 23.3. The van der Waals surface area contributed by atoms with Crippen molar-refractivity contribution < 1.29 is 84.5 Å². The molecule has 1 saturated heterocycles. The lowest BCUT2D eigenvalue weighted by Gasteiger charge is -2.22. The number of rotatable bonds is 26. The molecule has 0 saturated carbocycles. The second-order valence-corrected chi connectivity index (χ2v) is 24.0. The molecule has 1 aliphatic heterocycles. The summed E-state index contributed by atoms with van der Waals surface area (Å²) in [6.07, 6.45) is 0.0234. The average molecular weight is 1100 g/mol. The van der Waals surface area contributed by atoms with Crippen molar-refractivity contribution >= 4 is 90.2 Å². The van der Waals surface area contributed by atoms with Crippen LogP contribution >= 0.6 is 66.6 Å². The molecule has 7 atom stereocenters. The van der Waals surface area contributed by atoms with Crippen LogP contribution in [0.2, 0.25) is 0 Å². The lowest BCUT2D eigenvalue weighted by molar-refractivity contribution is -0.121. The molecule has 8 N–H and O–H groups in total. The normalized spacial score (nSPS) is 18.5. The van der Waals surface area contributed by atoms with E-state index < -0.39 is 84.2 Å². The molecule has 2 aromatic carbocycles. The molecule has 1 aliphatic rings. The second kappa shape index (κ2) is 27.5. The van der Waals surface area contributed by atoms with Gasteiger partial charge in [-0.15, -0.1) is 0 Å². The van der Waals surface area contributed by atoms with Crippen LogP contribution in [-0.2, 0) is 55.3 Å². The van der Waals surface area contributed by atoms with E-state index in [4.69, 9.17) is 43.7 Å². The average Bonchev–Trinajstić information content (AvgIpc) is 3.66. The third kappa shape index (κ3) is 19.0. The number of nitrogens with one attached hydrogen (secondary N) is 2. The summed E-state index contributed by atoms with van der Waals surface area (Å²) in [7, 11) is -11.5. The first-order chi connectivity index (χ1) is 32.6. The molecule has 4 rings (SSSR count). The number of phosphoric ester groups is 1. The number of H-pyrrole nitrogens is 1. The molecular weight excluding hydrogens is 1050 g/mol. The maximum atomic E-state index is 13.7. The number of amides is 1. The van der Waals surface area contributed by atoms with Gasteiger partial charge in [0.25, 0.3) is 5.56 Å². The minimum absolute atomic E-state index is 0.148. The Labute approximate surface area is 410 Å². The first kappa shape index (κ1) is 58.3. The maximum Gasteiger partial charge on any atom is 0.490 e. The molecule has 1 aromatic heterocycles. The second-order valence-electron chi connectivity index (χ2n) is 14.0. The molecule has 3 aromatic rings. The summed E-state index contributed by atoms with van der Waals surface area (Å²) in [6.45, 7) is 3.09. The Morgan fingerprint density at radius 1 is 0.913 bits per heavy atom. The number of nitrogens with two attached hydrogens (primary N) is 1. The SMILES string of the molecule is CSSC(C)c1cc(NC(=O)COCCOCCN)ccc1C(=O)OCC#Cc1cn([C@H]2CC(OC(=O)c3ccccc3C(C)SSC)[C@@H](COP(=O)(O)OP(=O)(O)OP(=O)(O)O)O2)c(=O)[nH]c1=O. The quantitative estimate of drug-likeness (QED) is 0.0189. The molecule has 0 spiro atoms. The minimum Gasteiger partial charge on any atom is -0.456 e. The highest BCUT2D eigenvalue weighted by atomic mass is 33.1. The van der Waals surface area contributed by atoms with Gasteiger partial charge in [0.15, 0.2) is 6.61 Å². The van der Waals surface area contributed by atoms with E-state index in [1.54, 1.807) is 24.3 Å². The molecule has 0 bridgehead atoms. The highest BCUT2D eigenvalue weighted by Gasteiger charge is 2.44. The summed E-state index contributed by atoms with van der Waals surface area (Å²) in [5.41, 5.74) is 4.96. The maximum absolute atomic E-state index is 13.7. The fourth-order valence-electron chi connectivity index (χ4n) is 6.17. The number of carbonyl (C=O) groups is 3. The number of hydrogen-bond acceptors (Lipinski definition) is 21. The van der Waals surface area contributed by atoms with Gasteiger partial charge in [-0.2, -0.15) is 8.62 Å². The molecule has 0 aliphatic carbocycles. The number of aromatic nitrogens is 2. The summed E-state index contributed by atoms with van der Waals surface area (Å²) >= 11 is 0. The van der Waals surface area contributed by atoms with Crippen LogP contribution in [0.5, 0.6) is 0 Å². The first-order valence-electron chi connectivity index (χ1n) is 20.0. The summed E-state index contributed by atoms with van der Waals surface area (Å²) in [4.78, 5) is 105. The third-order valence-electron chi connectivity index (χ3n) is 8.99. The minimum atomic E-state index is -5.90. The van der Waals surface area contributed by atoms with Crippen LogP contribution < -0.4 is 22.3 Å². The van der Waals surface area contributed by atoms with Gasteiger partial charge in [0.2, 0.25) is 5.91 Å². The number of nitrogens with zero attached hydrogens (tertiary/aromatic N) is 1. The predicted octanol–water partition coefficient (Wildman–Crippen LogP) is 4.68. The Morgan fingerprint density at radius 3 is 2.26 bits per heavy atom. The molecule has 0 radical (unpaired) electrons. The van der Waals surface area contributed by atoms with Gasteiger partial charge in [-0.3, -0.25) is 23.7 Å². The van der Waals surface area contributed by atoms with Gasteiger partial charge < -0.3 is 54.3 Å². The van der Waals surface area contributed by atoms with E-state index in [1.807, 2.05) is 26.4 Å². The topological polar surface area (TPSA) is 350 Å². The van der Waals surface area contributed by atoms with Crippen LogP contribution in [-0.4, -0.2) is 118 Å². The Hall–Kier alpha value is -3.26. The van der Waals surface area contributed by atoms with Crippen molar-refractivity contribution in [2.24, 2.45) is 5.73 Å². The molecule has 1 fully saturated rings. The zero-order valence-electron chi connectivity index (χ0n) is 37.0. The third-order valence-corrected chi connectivity index (χ3v) is 17.2. The lowest BCUT2D eigenvalue weighted by Crippen LogP contribution is -2.33. The van der Waals surface area contributed by atoms with Gasteiger partial charge in [0, 0.05) is 35.3 Å². The monoisotopic (exact) mass is 1100 g/mol. The number of benzene rings is 2. The fraction of sp³-hybridized carbons (Fsp3) is 0.447. The Morgan fingerprint density at radius 2 is 1.58 bits per heavy atom. The van der Waals surface area contributed by atoms with E-state index in [9.17, 15) is 47.5 Å². The molecule has 380 valence electrons. The molecule has 2 heterocycles. The van der Waals surface area contributed by atoms with E-state index >= 15 is 0 Å². The van der Waals surface area contributed by atoms with Crippen molar-refractivity contribution in [2.75, 3.05) is 64.0 Å². The van der Waals surface area contributed by atoms with Crippen molar-refractivity contribution in [1.82, 2.24) is 9.55 Å². The van der Waals surface area contributed by atoms with Gasteiger partial charge in [0.1, 0.15) is 30.6 Å². The van der Waals surface area contributed by atoms with E-state index in [1.165, 1.54) is 61.4 Å². The number of phosphoric acid groups is 3. The molecular formula is C38H49N4O20P3S4. The first-order valence-corrected chi connectivity index (χ1v) is 29.8. The van der Waals surface area contributed by atoms with Gasteiger partial charge in [-0.05, 0) is 61.8 Å². The van der Waals surface area contributed by atoms with Crippen LogP contribution in [0.1, 0.15) is 74.4 Å². The van der Waals surface area contributed by atoms with Crippen LogP contribution in [0.25, 0.3) is 0 Å². The predicted molar refractivity (Wildman–Crippen MR) is 257 cm³/mol. The fourth-order valence-corrected chi connectivity index (χ4v) is 12.7. The number of aromatic amines is 1. The van der Waals surface area contributed by atoms with Gasteiger partial charge in [-0.25, -0.2) is 28.1 Å². The standard InChI is InChI=1S/C38H49N4O20P3S4/c1-23(68-66-3)27-9-5-6-10-28(27)37(46)60-31-19-34(59-32(31)21-58-64(51,52)62-65(53,54)61-63(48,49)50)42-20-25(35(44)41-38(42)47)8-7-14-57-36(45)29-12-11-26(18-30(29)24(2)69-67-4)40-33(43)22-56-17-16-55-15-13-39/h5-6,9-12,18,20,23-24,31-32,34H,13-17,19,21-22,39H2,1-4H3,(H,40,43)(H,51,52)(H,53,54)(H,41,44,47)(H2,48,49,50)/t23?,24?,31?,32-,34-/m1/s1. The number of hydrogen-bond donors (Lipinski definition) is 7. The van der Waals surface area contributed by atoms with Crippen LogP contribution in [0.3, 0.4) is 0 Å². The number of carbonyl (C=O) groups excluding carboxylic acids is 3. The smallest absolute Gasteiger partial charge is 0.456 e. The molecule has 24 nitrogen and oxygen atoms in total. The van der Waals surface area contributed by atoms with Crippen molar-refractivity contribution in [3.8, 4) is 11.8 Å². The van der Waals surface area contributed by atoms with E-state index in [2.05, 4.69) is 30.8 Å². The molecule has 1 amide bonds. The van der Waals surface area contributed by atoms with Gasteiger partial charge in [-0.1, -0.05) is 73.2 Å². The summed E-state index contributed by atoms with van der Waals surface area (Å²) in [5, 5.41) is 2.29. The van der Waals surface area contributed by atoms with Gasteiger partial charge in [0.05, 0.1) is 37.6 Å². The largest absolute Gasteiger partial charge is 0.490 e. The van der Waals surface area contributed by atoms with E-state index in [-0.39, 0.29) is 53.4 Å². The zero-order chi connectivity index (χ0) is 50.9. The van der Waals surface area contributed by atoms with Crippen molar-refractivity contribution in [3.63, 3.8) is 0 Å². The van der Waals surface area contributed by atoms with Crippen molar-refractivity contribution in [2.45, 2.75) is 49.2 Å². The highest BCUT2D eigenvalue weighted by Crippen LogP contribution is 2.66. The highest BCUT2D eigenvalue weighted by molar-refractivity contribution is 8.76. The van der Waals surface area contributed by atoms with E-state index in [0.717, 1.165) is 10.8 Å². The molecule has 69 heavy (non-hydrogen) atoms. The molecule has 5 unspecified atom stereocenters. The zero-order valence-corrected chi connectivity index (χ0v) is 42.9. The lowest BCUT2D eigenvalue weighted by atomic mass is 10.0. The summed E-state index contributed by atoms with van der Waals surface area (Å²) < 4.78 is 76.5. The van der Waals surface area contributed by atoms with Crippen molar-refractivity contribution in [1.29, 1.82) is 0 Å². The van der Waals surface area contributed by atoms with Crippen LogP contribution in [0.15, 0.2) is 58.3 Å². The van der Waals surface area contributed by atoms with Crippen LogP contribution in [0.4, 0.5) is 5.69 Å². The Balaban J connectivity index is 1.53. The number of ether oxygens (including phenoxy) is 5. The number of anilines is 1. The summed E-state index contributed by atoms with van der Waals surface area (Å²) in [5.74, 6) is 3.00. The summed E-state index contributed by atoms with van der Waals surface area (Å²) in [6, 6.07) is 11.1. The Bertz CT molecular complexity index is 2610. The van der Waals surface area contributed by atoms with Crippen LogP contribution in [0, 0.1) is 11.8 Å².